The zero-order valence-corrected chi connectivity index (χ0v) is 19.2. The van der Waals surface area contributed by atoms with Crippen LogP contribution in [0.15, 0.2) is 75.0 Å². The van der Waals surface area contributed by atoms with Crippen LogP contribution in [0.5, 0.6) is 5.88 Å². The number of piperidine rings is 1. The first-order valence-corrected chi connectivity index (χ1v) is 12.2. The zero-order chi connectivity index (χ0) is 23.2. The van der Waals surface area contributed by atoms with Gasteiger partial charge in [0.1, 0.15) is 0 Å². The van der Waals surface area contributed by atoms with E-state index in [0.29, 0.717) is 23.2 Å². The Kier molecular flexibility index (Phi) is 5.15. The molecule has 34 heavy (non-hydrogen) atoms. The number of hydrogen-bond donors (Lipinski definition) is 1. The second kappa shape index (κ2) is 8.34. The molecule has 8 nitrogen and oxygen atoms in total. The molecular weight excluding hydrogens is 450 g/mol. The van der Waals surface area contributed by atoms with Crippen LogP contribution in [0, 0.1) is 5.92 Å². The van der Waals surface area contributed by atoms with Gasteiger partial charge >= 0.3 is 5.91 Å². The van der Waals surface area contributed by atoms with E-state index < -0.39 is 5.91 Å². The molecule has 0 saturated carbocycles. The number of benzene rings is 1. The standard InChI is InChI=1S/C25H23N5O3S/c31-22-9-3-7-19-17-11-16(13-29(19)22)12-28(14-17)15-30-20-6-2-1-5-18(20)23(25(30)33)26-27-24(32)21-8-4-10-34-21/h1-10,16-17,33H,11-15H2/t16-,17+/m0/s1. The maximum atomic E-state index is 12.3. The van der Waals surface area contributed by atoms with E-state index >= 15 is 0 Å². The summed E-state index contributed by atoms with van der Waals surface area (Å²) in [6.07, 6.45) is 1.07. The quantitative estimate of drug-likeness (QED) is 0.440. The van der Waals surface area contributed by atoms with Crippen LogP contribution in [-0.2, 0) is 13.2 Å². The van der Waals surface area contributed by atoms with Crippen molar-refractivity contribution in [3.05, 3.63) is 80.9 Å². The second-order valence-corrected chi connectivity index (χ2v) is 9.92. The number of nitrogens with zero attached hydrogens (tertiary/aromatic N) is 5. The Morgan fingerprint density at radius 1 is 1.06 bits per heavy atom. The number of para-hydroxylation sites is 1. The highest BCUT2D eigenvalue weighted by atomic mass is 32.1. The minimum atomic E-state index is -0.427. The van der Waals surface area contributed by atoms with Crippen molar-refractivity contribution in [3.8, 4) is 5.88 Å². The number of hydrogen-bond acceptors (Lipinski definition) is 6. The molecule has 2 aliphatic rings. The van der Waals surface area contributed by atoms with E-state index in [1.54, 1.807) is 18.2 Å². The molecule has 2 aliphatic heterocycles. The van der Waals surface area contributed by atoms with Crippen LogP contribution < -0.4 is 5.56 Å². The van der Waals surface area contributed by atoms with Crippen LogP contribution in [0.3, 0.4) is 0 Å². The number of likely N-dealkylation sites (tertiary alicyclic amines) is 1. The fraction of sp³-hybridized carbons (Fsp3) is 0.280. The van der Waals surface area contributed by atoms with Crippen LogP contribution in [0.4, 0.5) is 5.69 Å². The molecule has 1 fully saturated rings. The van der Waals surface area contributed by atoms with Gasteiger partial charge in [0.15, 0.2) is 5.69 Å². The Hall–Kier alpha value is -3.56. The van der Waals surface area contributed by atoms with Crippen molar-refractivity contribution < 1.29 is 9.90 Å². The first-order valence-electron chi connectivity index (χ1n) is 11.3. The molecule has 0 radical (unpaired) electrons. The molecule has 0 spiro atoms. The van der Waals surface area contributed by atoms with Gasteiger partial charge in [-0.2, -0.15) is 0 Å². The van der Waals surface area contributed by atoms with E-state index in [1.807, 2.05) is 44.8 Å². The molecule has 0 unspecified atom stereocenters. The van der Waals surface area contributed by atoms with Crippen molar-refractivity contribution in [2.24, 2.45) is 16.1 Å². The van der Waals surface area contributed by atoms with Gasteiger partial charge < -0.3 is 9.67 Å². The molecule has 1 saturated heterocycles. The number of rotatable bonds is 4. The van der Waals surface area contributed by atoms with Gasteiger partial charge in [0.25, 0.3) is 5.56 Å². The smallest absolute Gasteiger partial charge is 0.305 e. The lowest BCUT2D eigenvalue weighted by Crippen LogP contribution is -2.47. The Bertz CT molecular complexity index is 1470. The van der Waals surface area contributed by atoms with E-state index in [1.165, 1.54) is 11.3 Å². The van der Waals surface area contributed by atoms with Crippen molar-refractivity contribution in [2.45, 2.75) is 25.6 Å². The van der Waals surface area contributed by atoms with E-state index in [2.05, 4.69) is 21.2 Å². The van der Waals surface area contributed by atoms with Crippen LogP contribution >= 0.6 is 11.3 Å². The summed E-state index contributed by atoms with van der Waals surface area (Å²) < 4.78 is 3.75. The molecule has 1 amide bonds. The third-order valence-electron chi connectivity index (χ3n) is 6.79. The average Bonchev–Trinajstić information content (AvgIpc) is 3.46. The Morgan fingerprint density at radius 3 is 2.79 bits per heavy atom. The molecule has 9 heteroatoms. The van der Waals surface area contributed by atoms with Gasteiger partial charge in [0.2, 0.25) is 5.88 Å². The number of pyridine rings is 1. The lowest BCUT2D eigenvalue weighted by atomic mass is 9.83. The van der Waals surface area contributed by atoms with Crippen molar-refractivity contribution in [2.75, 3.05) is 13.1 Å². The third kappa shape index (κ3) is 3.57. The van der Waals surface area contributed by atoms with Crippen molar-refractivity contribution >= 4 is 33.8 Å². The monoisotopic (exact) mass is 473 g/mol. The van der Waals surface area contributed by atoms with Crippen molar-refractivity contribution in [3.63, 3.8) is 0 Å². The highest BCUT2D eigenvalue weighted by Gasteiger charge is 2.35. The normalized spacial score (nSPS) is 20.1. The molecule has 6 rings (SSSR count). The van der Waals surface area contributed by atoms with E-state index in [0.717, 1.165) is 42.7 Å². The van der Waals surface area contributed by atoms with Crippen LogP contribution in [-0.4, -0.2) is 38.1 Å². The average molecular weight is 474 g/mol. The molecule has 0 aliphatic carbocycles. The van der Waals surface area contributed by atoms with Crippen molar-refractivity contribution in [1.29, 1.82) is 0 Å². The SMILES string of the molecule is O=C(N=Nc1c(O)n(CN2C[C@@H]3C[C@H](C2)c2cccc(=O)n2C3)c2ccccc12)c1cccs1. The first-order chi connectivity index (χ1) is 16.6. The van der Waals surface area contributed by atoms with Gasteiger partial charge in [-0.05, 0) is 35.9 Å². The summed E-state index contributed by atoms with van der Waals surface area (Å²) in [6.45, 7) is 2.87. The van der Waals surface area contributed by atoms with E-state index in [9.17, 15) is 14.7 Å². The lowest BCUT2D eigenvalue weighted by Gasteiger charge is -2.42. The van der Waals surface area contributed by atoms with E-state index in [-0.39, 0.29) is 17.4 Å². The number of aromatic nitrogens is 2. The number of carbonyl (C=O) groups is 1. The fourth-order valence-electron chi connectivity index (χ4n) is 5.37. The molecule has 1 N–H and O–H groups in total. The molecule has 2 atom stereocenters. The van der Waals surface area contributed by atoms with Gasteiger partial charge in [0, 0.05) is 42.7 Å². The number of thiophene rings is 1. The highest BCUT2D eigenvalue weighted by Crippen LogP contribution is 2.40. The number of carbonyl (C=O) groups excluding carboxylic acids is 1. The Labute approximate surface area is 199 Å². The lowest BCUT2D eigenvalue weighted by molar-refractivity contribution is 0.0922. The molecule has 172 valence electrons. The largest absolute Gasteiger partial charge is 0.493 e. The van der Waals surface area contributed by atoms with Crippen LogP contribution in [0.1, 0.15) is 27.7 Å². The number of azo groups is 1. The summed E-state index contributed by atoms with van der Waals surface area (Å²) in [5.41, 5.74) is 2.30. The van der Waals surface area contributed by atoms with E-state index in [4.69, 9.17) is 0 Å². The van der Waals surface area contributed by atoms with Crippen LogP contribution in [0.25, 0.3) is 10.9 Å². The molecule has 3 aromatic heterocycles. The summed E-state index contributed by atoms with van der Waals surface area (Å²) in [5, 5.41) is 21.7. The first kappa shape index (κ1) is 21.0. The Morgan fingerprint density at radius 2 is 1.94 bits per heavy atom. The molecule has 5 heterocycles. The summed E-state index contributed by atoms with van der Waals surface area (Å²) in [4.78, 5) is 27.5. The minimum absolute atomic E-state index is 0.00344. The van der Waals surface area contributed by atoms with Gasteiger partial charge in [-0.3, -0.25) is 19.1 Å². The van der Waals surface area contributed by atoms with Gasteiger partial charge in [0.05, 0.1) is 17.1 Å². The fourth-order valence-corrected chi connectivity index (χ4v) is 5.97. The summed E-state index contributed by atoms with van der Waals surface area (Å²) >= 11 is 1.31. The maximum absolute atomic E-state index is 12.3. The number of amides is 1. The van der Waals surface area contributed by atoms with Gasteiger partial charge in [-0.15, -0.1) is 21.6 Å². The molecular formula is C25H23N5O3S. The predicted octanol–water partition coefficient (Wildman–Crippen LogP) is 4.57. The number of fused-ring (bicyclic) bond motifs is 5. The van der Waals surface area contributed by atoms with Crippen LogP contribution in [0.2, 0.25) is 0 Å². The third-order valence-corrected chi connectivity index (χ3v) is 7.64. The summed E-state index contributed by atoms with van der Waals surface area (Å²) in [5.74, 6) is 0.242. The topological polar surface area (TPSA) is 92.2 Å². The summed E-state index contributed by atoms with van der Waals surface area (Å²) in [6, 6.07) is 16.6. The summed E-state index contributed by atoms with van der Waals surface area (Å²) in [7, 11) is 0. The van der Waals surface area contributed by atoms with Gasteiger partial charge in [-0.25, -0.2) is 0 Å². The second-order valence-electron chi connectivity index (χ2n) is 8.98. The minimum Gasteiger partial charge on any atom is -0.493 e. The molecule has 2 bridgehead atoms. The Balaban J connectivity index is 1.31. The maximum Gasteiger partial charge on any atom is 0.305 e. The molecule has 4 aromatic rings. The molecule has 1 aromatic carbocycles. The predicted molar refractivity (Wildman–Crippen MR) is 130 cm³/mol. The number of aromatic hydroxyl groups is 1. The van der Waals surface area contributed by atoms with Gasteiger partial charge in [-0.1, -0.05) is 30.3 Å². The zero-order valence-electron chi connectivity index (χ0n) is 18.4. The highest BCUT2D eigenvalue weighted by molar-refractivity contribution is 7.12. The van der Waals surface area contributed by atoms with Crippen molar-refractivity contribution in [1.82, 2.24) is 14.0 Å².